The molecule has 1 aromatic heterocycles. The third-order valence-electron chi connectivity index (χ3n) is 0.513. The molecule has 54 valence electrons. The molecular weight excluding hydrogens is 138 g/mol. The lowest BCUT2D eigenvalue weighted by molar-refractivity contribution is -0.122. The average molecular weight is 143 g/mol. The van der Waals surface area contributed by atoms with Crippen LogP contribution in [-0.2, 0) is 4.79 Å². The molecule has 0 aliphatic carbocycles. The largest absolute Gasteiger partial charge is 0.483 e. The van der Waals surface area contributed by atoms with Gasteiger partial charge in [0.1, 0.15) is 0 Å². The number of hydrogen-bond donors (Lipinski definition) is 1. The van der Waals surface area contributed by atoms with Gasteiger partial charge in [0.05, 0.1) is 6.26 Å². The van der Waals surface area contributed by atoms with E-state index in [0.717, 1.165) is 0 Å². The van der Waals surface area contributed by atoms with E-state index < -0.39 is 5.76 Å². The van der Waals surface area contributed by atoms with Crippen LogP contribution in [0.5, 0.6) is 0 Å². The third-order valence-corrected chi connectivity index (χ3v) is 0.513. The minimum absolute atomic E-state index is 0.250. The Labute approximate surface area is 55.9 Å². The van der Waals surface area contributed by atoms with Gasteiger partial charge in [0.15, 0.2) is 0 Å². The summed E-state index contributed by atoms with van der Waals surface area (Å²) in [6.45, 7) is -0.250. The second kappa shape index (κ2) is 5.49. The van der Waals surface area contributed by atoms with Crippen LogP contribution in [0.1, 0.15) is 0 Å². The van der Waals surface area contributed by atoms with Gasteiger partial charge in [-0.3, -0.25) is 4.79 Å². The highest BCUT2D eigenvalue weighted by atomic mass is 16.4. The lowest BCUT2D eigenvalue weighted by Crippen LogP contribution is -1.98. The third kappa shape index (κ3) is 4.51. The quantitative estimate of drug-likeness (QED) is 0.506. The maximum Gasteiger partial charge on any atom is 0.438 e. The lowest BCUT2D eigenvalue weighted by atomic mass is 10.7. The first-order valence-corrected chi connectivity index (χ1v) is 2.29. The van der Waals surface area contributed by atoms with Crippen LogP contribution in [0.4, 0.5) is 0 Å². The number of carboxylic acid groups (broad SMARTS) is 1. The molecule has 0 aliphatic heterocycles. The van der Waals surface area contributed by atoms with Crippen molar-refractivity contribution in [1.29, 1.82) is 0 Å². The molecule has 0 atom stereocenters. The molecule has 0 aromatic carbocycles. The fourth-order valence-electron chi connectivity index (χ4n) is 0.267. The SMILES string of the molecule is O=CO.O=c1nccco1. The summed E-state index contributed by atoms with van der Waals surface area (Å²) in [5.41, 5.74) is 0. The fourth-order valence-corrected chi connectivity index (χ4v) is 0.267. The van der Waals surface area contributed by atoms with Crippen molar-refractivity contribution in [2.45, 2.75) is 0 Å². The van der Waals surface area contributed by atoms with Crippen molar-refractivity contribution < 1.29 is 14.3 Å². The molecule has 0 bridgehead atoms. The Balaban J connectivity index is 0.000000236. The smallest absolute Gasteiger partial charge is 0.438 e. The number of nitrogens with zero attached hydrogens (tertiary/aromatic N) is 1. The van der Waals surface area contributed by atoms with Crippen LogP contribution >= 0.6 is 0 Å². The standard InChI is InChI=1S/C4H3NO2.CH2O2/c6-4-5-2-1-3-7-4;2-1-3/h1-3H;1H,(H,2,3). The van der Waals surface area contributed by atoms with E-state index in [0.29, 0.717) is 0 Å². The van der Waals surface area contributed by atoms with Gasteiger partial charge in [-0.1, -0.05) is 0 Å². The molecule has 1 aromatic rings. The van der Waals surface area contributed by atoms with Gasteiger partial charge in [0.2, 0.25) is 0 Å². The minimum Gasteiger partial charge on any atom is -0.483 e. The van der Waals surface area contributed by atoms with Crippen molar-refractivity contribution in [1.82, 2.24) is 4.98 Å². The normalized spacial score (nSPS) is 7.20. The van der Waals surface area contributed by atoms with Crippen LogP contribution in [0.2, 0.25) is 0 Å². The molecule has 5 nitrogen and oxygen atoms in total. The Morgan fingerprint density at radius 2 is 2.30 bits per heavy atom. The van der Waals surface area contributed by atoms with Gasteiger partial charge in [-0.05, 0) is 6.07 Å². The van der Waals surface area contributed by atoms with E-state index in [2.05, 4.69) is 9.40 Å². The monoisotopic (exact) mass is 143 g/mol. The highest BCUT2D eigenvalue weighted by molar-refractivity contribution is 5.32. The maximum atomic E-state index is 9.99. The Bertz CT molecular complexity index is 214. The Hall–Kier alpha value is -1.65. The predicted octanol–water partition coefficient (Wildman–Crippen LogP) is -0.264. The van der Waals surface area contributed by atoms with E-state index in [-0.39, 0.29) is 6.47 Å². The molecule has 1 rings (SSSR count). The summed E-state index contributed by atoms with van der Waals surface area (Å²) in [5.74, 6) is -0.553. The van der Waals surface area contributed by atoms with Crippen LogP contribution < -0.4 is 5.76 Å². The van der Waals surface area contributed by atoms with Gasteiger partial charge >= 0.3 is 5.76 Å². The van der Waals surface area contributed by atoms with Gasteiger partial charge in [0, 0.05) is 6.20 Å². The van der Waals surface area contributed by atoms with E-state index in [1.54, 1.807) is 6.07 Å². The van der Waals surface area contributed by atoms with Crippen molar-refractivity contribution in [3.63, 3.8) is 0 Å². The molecule has 0 fully saturated rings. The van der Waals surface area contributed by atoms with E-state index in [9.17, 15) is 4.79 Å². The summed E-state index contributed by atoms with van der Waals surface area (Å²) >= 11 is 0. The molecule has 0 aliphatic rings. The Morgan fingerprint density at radius 3 is 2.50 bits per heavy atom. The van der Waals surface area contributed by atoms with Gasteiger partial charge in [-0.25, -0.2) is 4.79 Å². The first-order valence-electron chi connectivity index (χ1n) is 2.29. The Morgan fingerprint density at radius 1 is 1.70 bits per heavy atom. The van der Waals surface area contributed by atoms with Crippen LogP contribution in [0, 0.1) is 0 Å². The van der Waals surface area contributed by atoms with Crippen molar-refractivity contribution >= 4 is 6.47 Å². The zero-order valence-corrected chi connectivity index (χ0v) is 4.93. The number of hydrogen-bond acceptors (Lipinski definition) is 4. The number of carbonyl (C=O) groups is 1. The van der Waals surface area contributed by atoms with Crippen LogP contribution in [-0.4, -0.2) is 16.6 Å². The van der Waals surface area contributed by atoms with Gasteiger partial charge in [-0.15, -0.1) is 0 Å². The molecule has 10 heavy (non-hydrogen) atoms. The molecule has 0 spiro atoms. The first-order chi connectivity index (χ1) is 4.81. The summed E-state index contributed by atoms with van der Waals surface area (Å²) in [4.78, 5) is 21.6. The molecule has 0 saturated heterocycles. The van der Waals surface area contributed by atoms with Crippen LogP contribution in [0.15, 0.2) is 27.7 Å². The van der Waals surface area contributed by atoms with Gasteiger partial charge in [-0.2, -0.15) is 4.98 Å². The van der Waals surface area contributed by atoms with Gasteiger partial charge in [0.25, 0.3) is 6.47 Å². The summed E-state index contributed by atoms with van der Waals surface area (Å²) in [7, 11) is 0. The summed E-state index contributed by atoms with van der Waals surface area (Å²) < 4.78 is 4.26. The highest BCUT2D eigenvalue weighted by Crippen LogP contribution is 1.67. The molecule has 0 radical (unpaired) electrons. The van der Waals surface area contributed by atoms with Crippen molar-refractivity contribution in [3.8, 4) is 0 Å². The molecule has 1 N–H and O–H groups in total. The topological polar surface area (TPSA) is 80.4 Å². The zero-order valence-electron chi connectivity index (χ0n) is 4.93. The summed E-state index contributed by atoms with van der Waals surface area (Å²) in [6.07, 6.45) is 2.67. The second-order valence-electron chi connectivity index (χ2n) is 1.10. The van der Waals surface area contributed by atoms with Crippen LogP contribution in [0.25, 0.3) is 0 Å². The summed E-state index contributed by atoms with van der Waals surface area (Å²) in [6, 6.07) is 1.54. The minimum atomic E-state index is -0.553. The van der Waals surface area contributed by atoms with Crippen LogP contribution in [0.3, 0.4) is 0 Å². The molecule has 1 heterocycles. The van der Waals surface area contributed by atoms with E-state index in [1.807, 2.05) is 0 Å². The predicted molar refractivity (Wildman–Crippen MR) is 31.5 cm³/mol. The molecule has 0 saturated carbocycles. The van der Waals surface area contributed by atoms with E-state index in [1.165, 1.54) is 12.5 Å². The molecule has 5 heteroatoms. The first kappa shape index (κ1) is 8.35. The average Bonchev–Trinajstić information content (AvgIpc) is 1.91. The van der Waals surface area contributed by atoms with Crippen molar-refractivity contribution in [2.24, 2.45) is 0 Å². The Kier molecular flexibility index (Phi) is 4.58. The molecular formula is C5H5NO4. The number of aromatic nitrogens is 1. The summed E-state index contributed by atoms with van der Waals surface area (Å²) in [5, 5.41) is 6.89. The maximum absolute atomic E-state index is 9.99. The zero-order chi connectivity index (χ0) is 7.82. The van der Waals surface area contributed by atoms with Crippen molar-refractivity contribution in [2.75, 3.05) is 0 Å². The molecule has 0 amide bonds. The molecule has 0 unspecified atom stereocenters. The fraction of sp³-hybridized carbons (Fsp3) is 0. The van der Waals surface area contributed by atoms with Crippen molar-refractivity contribution in [3.05, 3.63) is 29.1 Å². The second-order valence-corrected chi connectivity index (χ2v) is 1.10. The van der Waals surface area contributed by atoms with E-state index >= 15 is 0 Å². The lowest BCUT2D eigenvalue weighted by Gasteiger charge is -1.71. The number of rotatable bonds is 0. The highest BCUT2D eigenvalue weighted by Gasteiger charge is 1.74. The van der Waals surface area contributed by atoms with Gasteiger partial charge < -0.3 is 9.52 Å². The van der Waals surface area contributed by atoms with E-state index in [4.69, 9.17) is 9.90 Å².